The first kappa shape index (κ1) is 12.0. The molecule has 0 saturated heterocycles. The SMILES string of the molecule is Nc1cc(-c2ccco2)nn1Cc1ccccc1Br. The zero-order chi connectivity index (χ0) is 13.2. The topological polar surface area (TPSA) is 57.0 Å². The lowest BCUT2D eigenvalue weighted by Gasteiger charge is -2.06. The largest absolute Gasteiger partial charge is 0.463 e. The fourth-order valence-electron chi connectivity index (χ4n) is 1.89. The predicted molar refractivity (Wildman–Crippen MR) is 77.6 cm³/mol. The van der Waals surface area contributed by atoms with E-state index in [9.17, 15) is 0 Å². The molecule has 1 aromatic carbocycles. The van der Waals surface area contributed by atoms with E-state index >= 15 is 0 Å². The summed E-state index contributed by atoms with van der Waals surface area (Å²) in [6.07, 6.45) is 1.62. The summed E-state index contributed by atoms with van der Waals surface area (Å²) in [7, 11) is 0. The van der Waals surface area contributed by atoms with E-state index in [-0.39, 0.29) is 0 Å². The van der Waals surface area contributed by atoms with Crippen LogP contribution in [0.5, 0.6) is 0 Å². The highest BCUT2D eigenvalue weighted by Gasteiger charge is 2.10. The van der Waals surface area contributed by atoms with Crippen molar-refractivity contribution < 1.29 is 4.42 Å². The van der Waals surface area contributed by atoms with E-state index in [1.54, 1.807) is 10.9 Å². The number of anilines is 1. The number of hydrogen-bond donors (Lipinski definition) is 1. The van der Waals surface area contributed by atoms with Gasteiger partial charge in [-0.1, -0.05) is 34.1 Å². The molecule has 0 radical (unpaired) electrons. The summed E-state index contributed by atoms with van der Waals surface area (Å²) in [6, 6.07) is 13.5. The number of nitrogen functional groups attached to an aromatic ring is 1. The standard InChI is InChI=1S/C14H12BrN3O/c15-11-5-2-1-4-10(11)9-18-14(16)8-12(17-18)13-6-3-7-19-13/h1-8H,9,16H2. The quantitative estimate of drug-likeness (QED) is 0.803. The molecule has 0 spiro atoms. The molecular formula is C14H12BrN3O. The molecule has 0 aliphatic carbocycles. The molecule has 2 aromatic heterocycles. The molecule has 96 valence electrons. The van der Waals surface area contributed by atoms with Crippen LogP contribution >= 0.6 is 15.9 Å². The Kier molecular flexibility index (Phi) is 3.13. The maximum atomic E-state index is 5.99. The lowest BCUT2D eigenvalue weighted by molar-refractivity contribution is 0.576. The van der Waals surface area contributed by atoms with Crippen LogP contribution < -0.4 is 5.73 Å². The van der Waals surface area contributed by atoms with Crippen molar-refractivity contribution in [3.05, 3.63) is 58.8 Å². The van der Waals surface area contributed by atoms with Crippen LogP contribution in [0.3, 0.4) is 0 Å². The van der Waals surface area contributed by atoms with Crippen molar-refractivity contribution in [3.8, 4) is 11.5 Å². The van der Waals surface area contributed by atoms with Crippen LogP contribution in [0.1, 0.15) is 5.56 Å². The third kappa shape index (κ3) is 2.42. The smallest absolute Gasteiger partial charge is 0.154 e. The molecule has 0 bridgehead atoms. The number of furan rings is 1. The minimum absolute atomic E-state index is 0.613. The van der Waals surface area contributed by atoms with E-state index in [4.69, 9.17) is 10.2 Å². The zero-order valence-electron chi connectivity index (χ0n) is 10.1. The molecule has 0 unspecified atom stereocenters. The maximum Gasteiger partial charge on any atom is 0.154 e. The molecule has 3 rings (SSSR count). The van der Waals surface area contributed by atoms with Crippen LogP contribution in [0, 0.1) is 0 Å². The van der Waals surface area contributed by atoms with Crippen molar-refractivity contribution in [3.63, 3.8) is 0 Å². The van der Waals surface area contributed by atoms with Gasteiger partial charge < -0.3 is 10.2 Å². The van der Waals surface area contributed by atoms with Crippen molar-refractivity contribution in [2.24, 2.45) is 0 Å². The molecule has 0 saturated carbocycles. The minimum Gasteiger partial charge on any atom is -0.463 e. The average Bonchev–Trinajstić information content (AvgIpc) is 3.02. The second-order valence-corrected chi connectivity index (χ2v) is 5.04. The summed E-state index contributed by atoms with van der Waals surface area (Å²) < 4.78 is 8.13. The predicted octanol–water partition coefficient (Wildman–Crippen LogP) is 3.54. The first-order valence-electron chi connectivity index (χ1n) is 5.84. The maximum absolute atomic E-state index is 5.99. The van der Waals surface area contributed by atoms with Gasteiger partial charge in [0, 0.05) is 10.5 Å². The molecular weight excluding hydrogens is 306 g/mol. The molecule has 0 aliphatic rings. The summed E-state index contributed by atoms with van der Waals surface area (Å²) in [5.74, 6) is 1.33. The normalized spacial score (nSPS) is 10.8. The fraction of sp³-hybridized carbons (Fsp3) is 0.0714. The van der Waals surface area contributed by atoms with Gasteiger partial charge in [-0.25, -0.2) is 4.68 Å². The molecule has 0 aliphatic heterocycles. The number of hydrogen-bond acceptors (Lipinski definition) is 3. The van der Waals surface area contributed by atoms with Crippen LogP contribution in [-0.2, 0) is 6.54 Å². The Morgan fingerprint density at radius 3 is 2.79 bits per heavy atom. The van der Waals surface area contributed by atoms with Crippen molar-refractivity contribution in [1.82, 2.24) is 9.78 Å². The summed E-state index contributed by atoms with van der Waals surface area (Å²) >= 11 is 3.52. The Morgan fingerprint density at radius 1 is 1.21 bits per heavy atom. The molecule has 19 heavy (non-hydrogen) atoms. The van der Waals surface area contributed by atoms with Crippen LogP contribution in [0.2, 0.25) is 0 Å². The van der Waals surface area contributed by atoms with Gasteiger partial charge in [-0.2, -0.15) is 5.10 Å². The van der Waals surface area contributed by atoms with Gasteiger partial charge in [0.15, 0.2) is 5.76 Å². The third-order valence-electron chi connectivity index (χ3n) is 2.86. The van der Waals surface area contributed by atoms with E-state index in [0.29, 0.717) is 12.4 Å². The van der Waals surface area contributed by atoms with Gasteiger partial charge in [0.2, 0.25) is 0 Å². The molecule has 5 heteroatoms. The summed E-state index contributed by atoms with van der Waals surface area (Å²) in [6.45, 7) is 0.619. The van der Waals surface area contributed by atoms with Crippen molar-refractivity contribution in [1.29, 1.82) is 0 Å². The highest BCUT2D eigenvalue weighted by molar-refractivity contribution is 9.10. The highest BCUT2D eigenvalue weighted by Crippen LogP contribution is 2.23. The zero-order valence-corrected chi connectivity index (χ0v) is 11.7. The molecule has 4 nitrogen and oxygen atoms in total. The molecule has 0 fully saturated rings. The third-order valence-corrected chi connectivity index (χ3v) is 3.64. The minimum atomic E-state index is 0.613. The summed E-state index contributed by atoms with van der Waals surface area (Å²) in [5, 5.41) is 4.47. The van der Waals surface area contributed by atoms with Crippen molar-refractivity contribution in [2.45, 2.75) is 6.54 Å². The van der Waals surface area contributed by atoms with Gasteiger partial charge in [0.1, 0.15) is 11.5 Å². The van der Waals surface area contributed by atoms with Crippen molar-refractivity contribution in [2.75, 3.05) is 5.73 Å². The van der Waals surface area contributed by atoms with Crippen molar-refractivity contribution >= 4 is 21.7 Å². The van der Waals surface area contributed by atoms with E-state index in [2.05, 4.69) is 21.0 Å². The second kappa shape index (κ2) is 4.93. The molecule has 3 aromatic rings. The number of nitrogens with zero attached hydrogens (tertiary/aromatic N) is 2. The van der Waals surface area contributed by atoms with E-state index in [1.165, 1.54) is 0 Å². The van der Waals surface area contributed by atoms with Gasteiger partial charge in [-0.15, -0.1) is 0 Å². The highest BCUT2D eigenvalue weighted by atomic mass is 79.9. The second-order valence-electron chi connectivity index (χ2n) is 4.18. The fourth-order valence-corrected chi connectivity index (χ4v) is 2.30. The van der Waals surface area contributed by atoms with Gasteiger partial charge in [0.05, 0.1) is 12.8 Å². The Morgan fingerprint density at radius 2 is 2.05 bits per heavy atom. The van der Waals surface area contributed by atoms with Gasteiger partial charge >= 0.3 is 0 Å². The monoisotopic (exact) mass is 317 g/mol. The first-order chi connectivity index (χ1) is 9.24. The van der Waals surface area contributed by atoms with Gasteiger partial charge in [-0.05, 0) is 23.8 Å². The lowest BCUT2D eigenvalue weighted by atomic mass is 10.2. The molecule has 0 amide bonds. The average molecular weight is 318 g/mol. The number of rotatable bonds is 3. The van der Waals surface area contributed by atoms with Gasteiger partial charge in [0.25, 0.3) is 0 Å². The van der Waals surface area contributed by atoms with E-state index in [1.807, 2.05) is 42.5 Å². The lowest BCUT2D eigenvalue weighted by Crippen LogP contribution is -2.06. The van der Waals surface area contributed by atoms with Crippen LogP contribution in [-0.4, -0.2) is 9.78 Å². The molecule has 2 N–H and O–H groups in total. The number of aromatic nitrogens is 2. The van der Waals surface area contributed by atoms with Gasteiger partial charge in [-0.3, -0.25) is 0 Å². The Bertz CT molecular complexity index is 689. The van der Waals surface area contributed by atoms with Crippen LogP contribution in [0.15, 0.2) is 57.6 Å². The van der Waals surface area contributed by atoms with Crippen LogP contribution in [0.4, 0.5) is 5.82 Å². The van der Waals surface area contributed by atoms with Crippen LogP contribution in [0.25, 0.3) is 11.5 Å². The summed E-state index contributed by atoms with van der Waals surface area (Å²) in [4.78, 5) is 0. The van der Waals surface area contributed by atoms with E-state index in [0.717, 1.165) is 21.5 Å². The first-order valence-corrected chi connectivity index (χ1v) is 6.64. The van der Waals surface area contributed by atoms with E-state index < -0.39 is 0 Å². The summed E-state index contributed by atoms with van der Waals surface area (Å²) in [5.41, 5.74) is 7.86. The Hall–Kier alpha value is -2.01. The number of benzene rings is 1. The number of nitrogens with two attached hydrogens (primary N) is 1. The Labute approximate surface area is 119 Å². The Balaban J connectivity index is 1.92. The number of halogens is 1. The molecule has 0 atom stereocenters. The molecule has 2 heterocycles.